The van der Waals surface area contributed by atoms with Crippen LogP contribution in [0.3, 0.4) is 0 Å². The zero-order chi connectivity index (χ0) is 22.1. The van der Waals surface area contributed by atoms with Crippen molar-refractivity contribution >= 4 is 69.7 Å². The molecule has 0 unspecified atom stereocenters. The van der Waals surface area contributed by atoms with Gasteiger partial charge in [-0.25, -0.2) is 0 Å². The van der Waals surface area contributed by atoms with Crippen LogP contribution in [0, 0.1) is 11.7 Å². The molecule has 2 aromatic carbocycles. The maximum Gasteiger partial charge on any atom is 0.243 e. The van der Waals surface area contributed by atoms with Crippen LogP contribution in [0.1, 0.15) is 18.3 Å². The number of aromatic nitrogens is 2. The van der Waals surface area contributed by atoms with Gasteiger partial charge >= 0.3 is 0 Å². The number of benzene rings is 2. The number of carbonyl (C=O) groups excluding carboxylic acids is 1. The number of halogens is 2. The van der Waals surface area contributed by atoms with Crippen molar-refractivity contribution in [2.75, 3.05) is 10.7 Å². The monoisotopic (exact) mass is 489 g/mol. The Morgan fingerprint density at radius 3 is 2.26 bits per heavy atom. The van der Waals surface area contributed by atoms with E-state index in [1.165, 1.54) is 11.8 Å². The first-order chi connectivity index (χ1) is 14.8. The fraction of sp³-hybridized carbons (Fsp3) is 0.143. The van der Waals surface area contributed by atoms with E-state index in [0.29, 0.717) is 37.1 Å². The van der Waals surface area contributed by atoms with E-state index in [4.69, 9.17) is 35.4 Å². The molecule has 31 heavy (non-hydrogen) atoms. The highest BCUT2D eigenvalue weighted by molar-refractivity contribution is 8.15. The van der Waals surface area contributed by atoms with Crippen LogP contribution >= 0.6 is 47.2 Å². The third kappa shape index (κ3) is 4.48. The third-order valence-electron chi connectivity index (χ3n) is 4.64. The van der Waals surface area contributed by atoms with Crippen molar-refractivity contribution in [1.82, 2.24) is 9.55 Å². The summed E-state index contributed by atoms with van der Waals surface area (Å²) in [5.74, 6) is 0.251. The molecular weight excluding hydrogens is 473 g/mol. The summed E-state index contributed by atoms with van der Waals surface area (Å²) in [7, 11) is 0. The second kappa shape index (κ2) is 9.00. The summed E-state index contributed by atoms with van der Waals surface area (Å²) in [5, 5.41) is 10.6. The van der Waals surface area contributed by atoms with Gasteiger partial charge < -0.3 is 4.98 Å². The van der Waals surface area contributed by atoms with Gasteiger partial charge in [-0.2, -0.15) is 5.10 Å². The molecule has 1 aliphatic rings. The first-order valence-electron chi connectivity index (χ1n) is 9.26. The number of anilines is 1. The van der Waals surface area contributed by atoms with Crippen molar-refractivity contribution in [3.8, 4) is 5.69 Å². The van der Waals surface area contributed by atoms with Gasteiger partial charge in [0.2, 0.25) is 5.91 Å². The summed E-state index contributed by atoms with van der Waals surface area (Å²) < 4.78 is 2.44. The van der Waals surface area contributed by atoms with E-state index in [1.54, 1.807) is 29.2 Å². The van der Waals surface area contributed by atoms with Crippen molar-refractivity contribution in [2.45, 2.75) is 13.8 Å². The lowest BCUT2D eigenvalue weighted by atomic mass is 10.2. The minimum absolute atomic E-state index is 0.0548. The van der Waals surface area contributed by atoms with Crippen molar-refractivity contribution < 1.29 is 4.79 Å². The Morgan fingerprint density at radius 2 is 1.65 bits per heavy atom. The van der Waals surface area contributed by atoms with Crippen LogP contribution in [0.25, 0.3) is 5.69 Å². The summed E-state index contributed by atoms with van der Waals surface area (Å²) in [5.41, 5.74) is 3.90. The molecular formula is C21H17Cl2N5OS2. The van der Waals surface area contributed by atoms with Crippen LogP contribution in [0.5, 0.6) is 0 Å². The number of aromatic amines is 1. The summed E-state index contributed by atoms with van der Waals surface area (Å²) >= 11 is 18.9. The molecule has 158 valence electrons. The first kappa shape index (κ1) is 21.8. The van der Waals surface area contributed by atoms with Gasteiger partial charge in [0.15, 0.2) is 9.94 Å². The maximum absolute atomic E-state index is 12.4. The molecule has 10 heteroatoms. The molecule has 1 amide bonds. The lowest BCUT2D eigenvalue weighted by molar-refractivity contribution is -0.115. The molecule has 0 aliphatic carbocycles. The van der Waals surface area contributed by atoms with Gasteiger partial charge in [-0.15, -0.1) is 5.10 Å². The number of carbonyl (C=O) groups is 1. The zero-order valence-corrected chi connectivity index (χ0v) is 19.7. The van der Waals surface area contributed by atoms with Crippen molar-refractivity contribution in [3.05, 3.63) is 74.7 Å². The Kier molecular flexibility index (Phi) is 6.34. The van der Waals surface area contributed by atoms with Gasteiger partial charge in [0.25, 0.3) is 0 Å². The highest BCUT2D eigenvalue weighted by Crippen LogP contribution is 2.28. The second-order valence-corrected chi connectivity index (χ2v) is 8.98. The molecule has 2 heterocycles. The smallest absolute Gasteiger partial charge is 0.243 e. The quantitative estimate of drug-likeness (QED) is 0.277. The SMILES string of the molecule is C/C(=N\N=C1/SCC(=O)N1c1ccc(Cl)cc1)c1c(C)[nH]c(=S)n1-c1ccc(Cl)cc1. The standard InChI is InChI=1S/C21H17Cl2N5OS2/c1-12-19(28(20(30)24-12)17-9-5-15(23)6-10-17)13(2)25-26-21-27(18(29)11-31-21)16-7-3-14(22)4-8-16/h3-10H,11H2,1-2H3,(H,24,30)/b25-13+,26-21-. The molecule has 4 rings (SSSR count). The number of rotatable bonds is 4. The van der Waals surface area contributed by atoms with Crippen LogP contribution in [0.2, 0.25) is 10.0 Å². The molecule has 0 radical (unpaired) electrons. The molecule has 1 N–H and O–H groups in total. The number of thioether (sulfide) groups is 1. The van der Waals surface area contributed by atoms with Crippen LogP contribution < -0.4 is 4.90 Å². The van der Waals surface area contributed by atoms with Crippen LogP contribution in [-0.2, 0) is 4.79 Å². The van der Waals surface area contributed by atoms with E-state index in [1.807, 2.05) is 42.7 Å². The number of nitrogens with zero attached hydrogens (tertiary/aromatic N) is 4. The van der Waals surface area contributed by atoms with E-state index in [0.717, 1.165) is 17.1 Å². The van der Waals surface area contributed by atoms with Crippen molar-refractivity contribution in [1.29, 1.82) is 0 Å². The molecule has 0 bridgehead atoms. The predicted octanol–water partition coefficient (Wildman–Crippen LogP) is 6.01. The fourth-order valence-electron chi connectivity index (χ4n) is 3.26. The van der Waals surface area contributed by atoms with Gasteiger partial charge in [-0.05, 0) is 74.6 Å². The number of amides is 1. The Bertz CT molecular complexity index is 1260. The fourth-order valence-corrected chi connectivity index (χ4v) is 4.68. The normalized spacial score (nSPS) is 15.9. The Labute approximate surface area is 198 Å². The van der Waals surface area contributed by atoms with E-state index < -0.39 is 0 Å². The summed E-state index contributed by atoms with van der Waals surface area (Å²) in [4.78, 5) is 17.1. The topological polar surface area (TPSA) is 65.8 Å². The first-order valence-corrected chi connectivity index (χ1v) is 11.4. The average Bonchev–Trinajstić information content (AvgIpc) is 3.26. The molecule has 0 atom stereocenters. The van der Waals surface area contributed by atoms with Gasteiger partial charge in [0.1, 0.15) is 0 Å². The van der Waals surface area contributed by atoms with Crippen LogP contribution in [-0.4, -0.2) is 32.1 Å². The van der Waals surface area contributed by atoms with E-state index in [-0.39, 0.29) is 5.91 Å². The molecule has 1 aliphatic heterocycles. The average molecular weight is 490 g/mol. The number of H-pyrrole nitrogens is 1. The third-order valence-corrected chi connectivity index (χ3v) is 6.34. The molecule has 3 aromatic rings. The molecule has 0 saturated carbocycles. The number of amidine groups is 1. The molecule has 1 aromatic heterocycles. The summed E-state index contributed by atoms with van der Waals surface area (Å²) in [6.45, 7) is 3.78. The Hall–Kier alpha value is -2.39. The van der Waals surface area contributed by atoms with Gasteiger partial charge in [-0.3, -0.25) is 14.3 Å². The van der Waals surface area contributed by atoms with Gasteiger partial charge in [0.05, 0.1) is 22.8 Å². The van der Waals surface area contributed by atoms with E-state index in [2.05, 4.69) is 15.2 Å². The highest BCUT2D eigenvalue weighted by atomic mass is 35.5. The number of aryl methyl sites for hydroxylation is 1. The lowest BCUT2D eigenvalue weighted by Crippen LogP contribution is -2.29. The Morgan fingerprint density at radius 1 is 1.06 bits per heavy atom. The van der Waals surface area contributed by atoms with E-state index in [9.17, 15) is 4.79 Å². The molecule has 0 spiro atoms. The summed E-state index contributed by atoms with van der Waals surface area (Å²) in [6.07, 6.45) is 0. The Balaban J connectivity index is 1.72. The molecule has 1 saturated heterocycles. The highest BCUT2D eigenvalue weighted by Gasteiger charge is 2.30. The number of hydrogen-bond donors (Lipinski definition) is 1. The minimum Gasteiger partial charge on any atom is -0.334 e. The number of nitrogens with one attached hydrogen (secondary N) is 1. The maximum atomic E-state index is 12.4. The largest absolute Gasteiger partial charge is 0.334 e. The second-order valence-electron chi connectivity index (χ2n) is 6.78. The lowest BCUT2D eigenvalue weighted by Gasteiger charge is -2.15. The molecule has 6 nitrogen and oxygen atoms in total. The number of imidazole rings is 1. The number of hydrogen-bond acceptors (Lipinski definition) is 5. The predicted molar refractivity (Wildman–Crippen MR) is 132 cm³/mol. The molecule has 1 fully saturated rings. The van der Waals surface area contributed by atoms with E-state index >= 15 is 0 Å². The summed E-state index contributed by atoms with van der Waals surface area (Å²) in [6, 6.07) is 14.4. The minimum atomic E-state index is -0.0548. The van der Waals surface area contributed by atoms with Crippen LogP contribution in [0.15, 0.2) is 58.7 Å². The van der Waals surface area contributed by atoms with Crippen molar-refractivity contribution in [2.24, 2.45) is 10.2 Å². The zero-order valence-electron chi connectivity index (χ0n) is 16.6. The van der Waals surface area contributed by atoms with Crippen molar-refractivity contribution in [3.63, 3.8) is 0 Å². The van der Waals surface area contributed by atoms with Gasteiger partial charge in [-0.1, -0.05) is 35.0 Å². The van der Waals surface area contributed by atoms with Gasteiger partial charge in [0, 0.05) is 21.4 Å². The van der Waals surface area contributed by atoms with Crippen LogP contribution in [0.4, 0.5) is 5.69 Å².